The number of piperazine rings is 1. The first-order valence-corrected chi connectivity index (χ1v) is 10.6. The standard InChI is InChI=1S/C21H25N5OS/c1-16(21-23-17-7-3-4-8-18(17)28-21)24(2)20(27)15-25-11-13-26(14-12-25)19-9-5-6-10-22-19/h3-10,16H,11-15H2,1-2H3/p+2/t16-/m0/s1. The van der Waals surface area contributed by atoms with Gasteiger partial charge >= 0.3 is 0 Å². The van der Waals surface area contributed by atoms with E-state index >= 15 is 0 Å². The molecule has 1 aliphatic heterocycles. The Morgan fingerprint density at radius 3 is 2.71 bits per heavy atom. The van der Waals surface area contributed by atoms with Gasteiger partial charge in [-0.05, 0) is 25.1 Å². The first-order valence-electron chi connectivity index (χ1n) is 9.78. The number of carbonyl (C=O) groups is 1. The molecule has 1 atom stereocenters. The molecule has 6 nitrogen and oxygen atoms in total. The minimum absolute atomic E-state index is 0.00972. The zero-order chi connectivity index (χ0) is 19.5. The molecule has 0 spiro atoms. The molecule has 3 aromatic rings. The van der Waals surface area contributed by atoms with Crippen LogP contribution in [0.25, 0.3) is 10.2 Å². The Balaban J connectivity index is 1.33. The number of benzene rings is 1. The smallest absolute Gasteiger partial charge is 0.278 e. The quantitative estimate of drug-likeness (QED) is 0.700. The minimum Gasteiger partial charge on any atom is -0.332 e. The van der Waals surface area contributed by atoms with E-state index in [1.54, 1.807) is 11.3 Å². The van der Waals surface area contributed by atoms with Crippen molar-refractivity contribution >= 4 is 33.3 Å². The topological polar surface area (TPSA) is 55.0 Å². The van der Waals surface area contributed by atoms with Crippen LogP contribution >= 0.6 is 11.3 Å². The van der Waals surface area contributed by atoms with Crippen LogP contribution in [0.3, 0.4) is 0 Å². The van der Waals surface area contributed by atoms with Crippen molar-refractivity contribution in [1.82, 2.24) is 9.88 Å². The molecular weight excluding hydrogens is 370 g/mol. The lowest BCUT2D eigenvalue weighted by atomic mass is 10.2. The summed E-state index contributed by atoms with van der Waals surface area (Å²) in [5, 5.41) is 0.997. The van der Waals surface area contributed by atoms with Crippen LogP contribution in [0, 0.1) is 0 Å². The lowest BCUT2D eigenvalue weighted by molar-refractivity contribution is -0.892. The molecule has 1 fully saturated rings. The summed E-state index contributed by atoms with van der Waals surface area (Å²) in [6.45, 7) is 6.46. The highest BCUT2D eigenvalue weighted by Crippen LogP contribution is 2.28. The van der Waals surface area contributed by atoms with Crippen molar-refractivity contribution in [3.63, 3.8) is 0 Å². The number of rotatable bonds is 5. The second kappa shape index (κ2) is 8.24. The zero-order valence-electron chi connectivity index (χ0n) is 16.4. The summed E-state index contributed by atoms with van der Waals surface area (Å²) in [4.78, 5) is 26.4. The van der Waals surface area contributed by atoms with Crippen molar-refractivity contribution in [1.29, 1.82) is 0 Å². The van der Waals surface area contributed by atoms with Crippen LogP contribution in [0.4, 0.5) is 5.82 Å². The first kappa shape index (κ1) is 18.8. The molecule has 0 bridgehead atoms. The number of H-pyrrole nitrogens is 1. The molecule has 1 aromatic carbocycles. The normalized spacial score (nSPS) is 16.3. The molecule has 0 unspecified atom stereocenters. The average molecular weight is 398 g/mol. The van der Waals surface area contributed by atoms with Gasteiger partial charge in [0, 0.05) is 13.1 Å². The van der Waals surface area contributed by atoms with Gasteiger partial charge in [0.25, 0.3) is 11.7 Å². The monoisotopic (exact) mass is 397 g/mol. The van der Waals surface area contributed by atoms with Gasteiger partial charge in [0.05, 0.1) is 22.5 Å². The summed E-state index contributed by atoms with van der Waals surface area (Å²) in [6, 6.07) is 14.3. The van der Waals surface area contributed by atoms with Crippen molar-refractivity contribution in [3.8, 4) is 0 Å². The number of carbonyl (C=O) groups excluding carboxylic acids is 1. The van der Waals surface area contributed by atoms with E-state index in [-0.39, 0.29) is 11.9 Å². The number of aromatic amines is 1. The maximum Gasteiger partial charge on any atom is 0.278 e. The molecule has 0 radical (unpaired) electrons. The summed E-state index contributed by atoms with van der Waals surface area (Å²) in [6.07, 6.45) is 1.95. The molecule has 0 aliphatic carbocycles. The van der Waals surface area contributed by atoms with Gasteiger partial charge in [-0.3, -0.25) is 9.69 Å². The molecule has 28 heavy (non-hydrogen) atoms. The van der Waals surface area contributed by atoms with E-state index in [9.17, 15) is 4.79 Å². The highest BCUT2D eigenvalue weighted by atomic mass is 32.1. The third-order valence-corrected chi connectivity index (χ3v) is 6.75. The van der Waals surface area contributed by atoms with Crippen molar-refractivity contribution in [2.24, 2.45) is 0 Å². The number of aromatic nitrogens is 2. The van der Waals surface area contributed by atoms with Crippen molar-refractivity contribution in [3.05, 3.63) is 53.7 Å². The SMILES string of the molecule is C[C@@H](c1nc2ccccc2s1)N(C)C(=O)C[NH+]1CCN(c2cccc[nH+]2)CC1. The summed E-state index contributed by atoms with van der Waals surface area (Å²) in [7, 11) is 1.90. The number of nitrogens with one attached hydrogen (secondary N) is 2. The Bertz CT molecular complexity index is 903. The van der Waals surface area contributed by atoms with Gasteiger partial charge < -0.3 is 9.80 Å². The number of hydrogen-bond donors (Lipinski definition) is 1. The molecule has 1 saturated heterocycles. The van der Waals surface area contributed by atoms with E-state index in [2.05, 4.69) is 28.9 Å². The summed E-state index contributed by atoms with van der Waals surface area (Å²) in [5.74, 6) is 1.33. The number of anilines is 1. The van der Waals surface area contributed by atoms with Crippen LogP contribution in [0.5, 0.6) is 0 Å². The van der Waals surface area contributed by atoms with Gasteiger partial charge in [-0.25, -0.2) is 9.97 Å². The molecule has 2 N–H and O–H groups in total. The number of fused-ring (bicyclic) bond motifs is 1. The van der Waals surface area contributed by atoms with Gasteiger partial charge in [-0.15, -0.1) is 11.3 Å². The van der Waals surface area contributed by atoms with Gasteiger partial charge in [0.2, 0.25) is 0 Å². The van der Waals surface area contributed by atoms with E-state index in [0.29, 0.717) is 6.54 Å². The molecule has 4 rings (SSSR count). The van der Waals surface area contributed by atoms with E-state index in [4.69, 9.17) is 4.98 Å². The van der Waals surface area contributed by atoms with Crippen LogP contribution in [0.15, 0.2) is 48.7 Å². The van der Waals surface area contributed by atoms with Crippen LogP contribution < -0.4 is 14.8 Å². The molecule has 1 aliphatic rings. The highest BCUT2D eigenvalue weighted by molar-refractivity contribution is 7.18. The molecule has 0 saturated carbocycles. The minimum atomic E-state index is -0.00972. The fourth-order valence-electron chi connectivity index (χ4n) is 3.61. The molecule has 146 valence electrons. The molecule has 2 aromatic heterocycles. The third-order valence-electron chi connectivity index (χ3n) is 5.55. The fraction of sp³-hybridized carbons (Fsp3) is 0.381. The Morgan fingerprint density at radius 1 is 1.25 bits per heavy atom. The number of likely N-dealkylation sites (N-methyl/N-ethyl adjacent to an activating group) is 1. The Kier molecular flexibility index (Phi) is 5.54. The van der Waals surface area contributed by atoms with Crippen LogP contribution in [-0.2, 0) is 4.79 Å². The predicted octanol–water partition coefficient (Wildman–Crippen LogP) is 1.03. The van der Waals surface area contributed by atoms with Crippen molar-refractivity contribution in [2.75, 3.05) is 44.7 Å². The van der Waals surface area contributed by atoms with Gasteiger partial charge in [0.1, 0.15) is 31.2 Å². The van der Waals surface area contributed by atoms with E-state index in [1.807, 2.05) is 48.5 Å². The number of para-hydroxylation sites is 1. The van der Waals surface area contributed by atoms with Crippen LogP contribution in [-0.4, -0.2) is 55.6 Å². The van der Waals surface area contributed by atoms with E-state index in [0.717, 1.165) is 42.5 Å². The number of nitrogens with zero attached hydrogens (tertiary/aromatic N) is 3. The maximum atomic E-state index is 12.9. The lowest BCUT2D eigenvalue weighted by Crippen LogP contribution is -3.15. The van der Waals surface area contributed by atoms with Crippen LogP contribution in [0.1, 0.15) is 18.0 Å². The van der Waals surface area contributed by atoms with Crippen molar-refractivity contribution in [2.45, 2.75) is 13.0 Å². The zero-order valence-corrected chi connectivity index (χ0v) is 17.2. The summed E-state index contributed by atoms with van der Waals surface area (Å²) in [5.41, 5.74) is 1.01. The maximum absolute atomic E-state index is 12.9. The summed E-state index contributed by atoms with van der Waals surface area (Å²) >= 11 is 1.67. The fourth-order valence-corrected chi connectivity index (χ4v) is 4.67. The molecular formula is C21H27N5OS+2. The van der Waals surface area contributed by atoms with E-state index in [1.165, 1.54) is 9.60 Å². The number of thiazole rings is 1. The van der Waals surface area contributed by atoms with Gasteiger partial charge in [-0.2, -0.15) is 0 Å². The van der Waals surface area contributed by atoms with Crippen molar-refractivity contribution < 1.29 is 14.7 Å². The highest BCUT2D eigenvalue weighted by Gasteiger charge is 2.29. The molecule has 7 heteroatoms. The number of hydrogen-bond acceptors (Lipinski definition) is 4. The number of amides is 1. The second-order valence-corrected chi connectivity index (χ2v) is 8.42. The Morgan fingerprint density at radius 2 is 2.00 bits per heavy atom. The second-order valence-electron chi connectivity index (χ2n) is 7.36. The van der Waals surface area contributed by atoms with Crippen LogP contribution in [0.2, 0.25) is 0 Å². The number of quaternary nitrogens is 1. The Hall–Kier alpha value is -2.51. The first-order chi connectivity index (χ1) is 13.6. The Labute approximate surface area is 169 Å². The van der Waals surface area contributed by atoms with Gasteiger partial charge in [-0.1, -0.05) is 18.2 Å². The molecule has 3 heterocycles. The predicted molar refractivity (Wildman–Crippen MR) is 112 cm³/mol. The number of pyridine rings is 1. The average Bonchev–Trinajstić information content (AvgIpc) is 3.18. The largest absolute Gasteiger partial charge is 0.332 e. The van der Waals surface area contributed by atoms with Gasteiger partial charge in [0.15, 0.2) is 6.54 Å². The van der Waals surface area contributed by atoms with E-state index < -0.39 is 0 Å². The third kappa shape index (κ3) is 4.00. The summed E-state index contributed by atoms with van der Waals surface area (Å²) < 4.78 is 1.17. The molecule has 1 amide bonds. The lowest BCUT2D eigenvalue weighted by Gasteiger charge is -2.30.